The molecular weight excluding hydrogens is 309 g/mol. The van der Waals surface area contributed by atoms with E-state index in [9.17, 15) is 4.39 Å². The molecule has 0 aliphatic rings. The predicted octanol–water partition coefficient (Wildman–Crippen LogP) is 3.93. The summed E-state index contributed by atoms with van der Waals surface area (Å²) in [5, 5.41) is 0. The molecule has 0 saturated carbocycles. The van der Waals surface area contributed by atoms with Crippen LogP contribution in [0.5, 0.6) is 0 Å². The van der Waals surface area contributed by atoms with Crippen molar-refractivity contribution in [1.82, 2.24) is 0 Å². The second-order valence-corrected chi connectivity index (χ2v) is 5.19. The van der Waals surface area contributed by atoms with Crippen molar-refractivity contribution >= 4 is 21.6 Å². The predicted molar refractivity (Wildman–Crippen MR) is 78.3 cm³/mol. The Balaban J connectivity index is 1.82. The largest absolute Gasteiger partial charge is 0.399 e. The van der Waals surface area contributed by atoms with Gasteiger partial charge in [0.1, 0.15) is 5.82 Å². The molecule has 2 N–H and O–H groups in total. The average Bonchev–Trinajstić information content (AvgIpc) is 2.35. The highest BCUT2D eigenvalue weighted by molar-refractivity contribution is 9.10. The van der Waals surface area contributed by atoms with Gasteiger partial charge in [0.25, 0.3) is 0 Å². The van der Waals surface area contributed by atoms with Crippen LogP contribution in [-0.4, -0.2) is 6.61 Å². The Morgan fingerprint density at radius 3 is 2.68 bits per heavy atom. The number of nitrogen functional groups attached to an aromatic ring is 1. The van der Waals surface area contributed by atoms with Crippen molar-refractivity contribution in [2.45, 2.75) is 13.0 Å². The van der Waals surface area contributed by atoms with Crippen molar-refractivity contribution in [3.05, 3.63) is 63.9 Å². The molecule has 0 heterocycles. The van der Waals surface area contributed by atoms with Crippen LogP contribution in [-0.2, 0) is 17.8 Å². The van der Waals surface area contributed by atoms with Crippen molar-refractivity contribution in [2.24, 2.45) is 0 Å². The monoisotopic (exact) mass is 323 g/mol. The van der Waals surface area contributed by atoms with Crippen LogP contribution in [0.15, 0.2) is 46.9 Å². The molecule has 100 valence electrons. The van der Waals surface area contributed by atoms with Gasteiger partial charge in [-0.25, -0.2) is 4.39 Å². The molecule has 0 aliphatic carbocycles. The van der Waals surface area contributed by atoms with Crippen LogP contribution >= 0.6 is 15.9 Å². The van der Waals surface area contributed by atoms with Gasteiger partial charge in [0, 0.05) is 10.2 Å². The van der Waals surface area contributed by atoms with E-state index in [4.69, 9.17) is 10.5 Å². The topological polar surface area (TPSA) is 35.2 Å². The van der Waals surface area contributed by atoms with Gasteiger partial charge in [0.05, 0.1) is 13.2 Å². The SMILES string of the molecule is Nc1ccccc1CCOCc1cc(F)cc(Br)c1. The van der Waals surface area contributed by atoms with Gasteiger partial charge < -0.3 is 10.5 Å². The third kappa shape index (κ3) is 4.33. The van der Waals surface area contributed by atoms with Gasteiger partial charge in [-0.1, -0.05) is 34.1 Å². The Bertz CT molecular complexity index is 539. The minimum Gasteiger partial charge on any atom is -0.399 e. The summed E-state index contributed by atoms with van der Waals surface area (Å²) in [6.45, 7) is 0.950. The molecular formula is C15H15BrFNO. The van der Waals surface area contributed by atoms with Gasteiger partial charge in [0.15, 0.2) is 0 Å². The van der Waals surface area contributed by atoms with Crippen LogP contribution in [0.2, 0.25) is 0 Å². The van der Waals surface area contributed by atoms with Crippen LogP contribution in [0, 0.1) is 5.82 Å². The molecule has 0 radical (unpaired) electrons. The van der Waals surface area contributed by atoms with Crippen LogP contribution in [0.3, 0.4) is 0 Å². The van der Waals surface area contributed by atoms with Crippen molar-refractivity contribution in [3.63, 3.8) is 0 Å². The van der Waals surface area contributed by atoms with E-state index in [1.807, 2.05) is 30.3 Å². The van der Waals surface area contributed by atoms with E-state index < -0.39 is 0 Å². The fraction of sp³-hybridized carbons (Fsp3) is 0.200. The molecule has 0 bridgehead atoms. The number of benzene rings is 2. The number of hydrogen-bond donors (Lipinski definition) is 1. The van der Waals surface area contributed by atoms with Gasteiger partial charge in [-0.2, -0.15) is 0 Å². The highest BCUT2D eigenvalue weighted by Gasteiger charge is 2.01. The molecule has 0 aromatic heterocycles. The van der Waals surface area contributed by atoms with E-state index in [1.165, 1.54) is 12.1 Å². The Morgan fingerprint density at radius 2 is 1.95 bits per heavy atom. The lowest BCUT2D eigenvalue weighted by molar-refractivity contribution is 0.123. The van der Waals surface area contributed by atoms with Crippen LogP contribution in [0.4, 0.5) is 10.1 Å². The van der Waals surface area contributed by atoms with E-state index >= 15 is 0 Å². The van der Waals surface area contributed by atoms with E-state index in [0.717, 1.165) is 27.7 Å². The average molecular weight is 324 g/mol. The van der Waals surface area contributed by atoms with Crippen molar-refractivity contribution in [3.8, 4) is 0 Å². The first-order chi connectivity index (χ1) is 9.15. The first-order valence-electron chi connectivity index (χ1n) is 6.01. The second-order valence-electron chi connectivity index (χ2n) is 4.28. The lowest BCUT2D eigenvalue weighted by Crippen LogP contribution is -2.02. The minimum absolute atomic E-state index is 0.264. The van der Waals surface area contributed by atoms with E-state index in [2.05, 4.69) is 15.9 Å². The molecule has 0 fully saturated rings. The summed E-state index contributed by atoms with van der Waals surface area (Å²) in [5.74, 6) is -0.264. The quantitative estimate of drug-likeness (QED) is 0.668. The standard InChI is InChI=1S/C15H15BrFNO/c16-13-7-11(8-14(17)9-13)10-19-6-5-12-3-1-2-4-15(12)18/h1-4,7-9H,5-6,10,18H2. The molecule has 0 unspecified atom stereocenters. The summed E-state index contributed by atoms with van der Waals surface area (Å²) in [5.41, 5.74) is 8.50. The third-order valence-electron chi connectivity index (χ3n) is 2.76. The number of nitrogens with two attached hydrogens (primary N) is 1. The third-order valence-corrected chi connectivity index (χ3v) is 3.22. The van der Waals surface area contributed by atoms with Crippen molar-refractivity contribution < 1.29 is 9.13 Å². The Kier molecular flexibility index (Phi) is 4.93. The summed E-state index contributed by atoms with van der Waals surface area (Å²) in [4.78, 5) is 0. The van der Waals surface area contributed by atoms with Gasteiger partial charge in [-0.05, 0) is 41.8 Å². The molecule has 0 atom stereocenters. The van der Waals surface area contributed by atoms with Gasteiger partial charge >= 0.3 is 0 Å². The molecule has 2 rings (SSSR count). The first kappa shape index (κ1) is 14.0. The molecule has 2 aromatic rings. The number of halogens is 2. The van der Waals surface area contributed by atoms with Crippen LogP contribution in [0.1, 0.15) is 11.1 Å². The number of para-hydroxylation sites is 1. The summed E-state index contributed by atoms with van der Waals surface area (Å²) >= 11 is 3.26. The maximum absolute atomic E-state index is 13.2. The summed E-state index contributed by atoms with van der Waals surface area (Å²) in [6.07, 6.45) is 0.753. The number of hydrogen-bond acceptors (Lipinski definition) is 2. The maximum Gasteiger partial charge on any atom is 0.124 e. The fourth-order valence-corrected chi connectivity index (χ4v) is 2.34. The molecule has 0 amide bonds. The summed E-state index contributed by atoms with van der Waals surface area (Å²) in [7, 11) is 0. The Hall–Kier alpha value is -1.39. The molecule has 2 nitrogen and oxygen atoms in total. The normalized spacial score (nSPS) is 10.6. The van der Waals surface area contributed by atoms with E-state index in [-0.39, 0.29) is 5.82 Å². The van der Waals surface area contributed by atoms with E-state index in [1.54, 1.807) is 0 Å². The van der Waals surface area contributed by atoms with Gasteiger partial charge in [-0.15, -0.1) is 0 Å². The van der Waals surface area contributed by atoms with Crippen LogP contribution in [0.25, 0.3) is 0 Å². The molecule has 19 heavy (non-hydrogen) atoms. The minimum atomic E-state index is -0.264. The first-order valence-corrected chi connectivity index (χ1v) is 6.80. The zero-order valence-corrected chi connectivity index (χ0v) is 12.0. The lowest BCUT2D eigenvalue weighted by atomic mass is 10.1. The zero-order valence-electron chi connectivity index (χ0n) is 10.4. The fourth-order valence-electron chi connectivity index (χ4n) is 1.83. The molecule has 2 aromatic carbocycles. The molecule has 0 saturated heterocycles. The van der Waals surface area contributed by atoms with E-state index in [0.29, 0.717) is 13.2 Å². The van der Waals surface area contributed by atoms with Gasteiger partial charge in [0.2, 0.25) is 0 Å². The maximum atomic E-state index is 13.2. The zero-order chi connectivity index (χ0) is 13.7. The lowest BCUT2D eigenvalue weighted by Gasteiger charge is -2.07. The highest BCUT2D eigenvalue weighted by atomic mass is 79.9. The number of rotatable bonds is 5. The number of ether oxygens (including phenoxy) is 1. The molecule has 0 spiro atoms. The van der Waals surface area contributed by atoms with Crippen molar-refractivity contribution in [1.29, 1.82) is 0 Å². The van der Waals surface area contributed by atoms with Crippen LogP contribution < -0.4 is 5.73 Å². The van der Waals surface area contributed by atoms with Gasteiger partial charge in [-0.3, -0.25) is 0 Å². The second kappa shape index (κ2) is 6.68. The Morgan fingerprint density at radius 1 is 1.16 bits per heavy atom. The highest BCUT2D eigenvalue weighted by Crippen LogP contribution is 2.16. The number of anilines is 1. The summed E-state index contributed by atoms with van der Waals surface area (Å²) < 4.78 is 19.4. The Labute approximate surface area is 120 Å². The smallest absolute Gasteiger partial charge is 0.124 e. The van der Waals surface area contributed by atoms with Crippen molar-refractivity contribution in [2.75, 3.05) is 12.3 Å². The summed E-state index contributed by atoms with van der Waals surface area (Å²) in [6, 6.07) is 12.5. The molecule has 4 heteroatoms. The molecule has 0 aliphatic heterocycles.